The second kappa shape index (κ2) is 3.15. The number of fused-ring (bicyclic) bond motifs is 1. The van der Waals surface area contributed by atoms with Gasteiger partial charge < -0.3 is 20.3 Å². The van der Waals surface area contributed by atoms with E-state index in [2.05, 4.69) is 5.32 Å². The van der Waals surface area contributed by atoms with Crippen molar-refractivity contribution in [2.45, 2.75) is 12.0 Å². The Labute approximate surface area is 93.2 Å². The normalized spacial score (nSPS) is 26.8. The van der Waals surface area contributed by atoms with Crippen molar-refractivity contribution in [1.82, 2.24) is 5.32 Å². The van der Waals surface area contributed by atoms with Crippen LogP contribution in [-0.4, -0.2) is 28.9 Å². The molecule has 2 aliphatic heterocycles. The second-order valence-corrected chi connectivity index (χ2v) is 4.30. The smallest absolute Gasteiger partial charge is 0.141 e. The lowest BCUT2D eigenvalue weighted by Gasteiger charge is -2.30. The molecule has 2 heterocycles. The lowest BCUT2D eigenvalue weighted by molar-refractivity contribution is 0.138. The number of aromatic hydroxyl groups is 2. The minimum absolute atomic E-state index is 0.0210. The molecule has 1 fully saturated rings. The number of rotatable bonds is 0. The predicted molar refractivity (Wildman–Crippen MR) is 59.7 cm³/mol. The van der Waals surface area contributed by atoms with E-state index in [-0.39, 0.29) is 17.1 Å². The van der Waals surface area contributed by atoms with Crippen LogP contribution < -0.4 is 10.1 Å². The van der Waals surface area contributed by atoms with Gasteiger partial charge >= 0.3 is 0 Å². The molecule has 4 nitrogen and oxygen atoms in total. The summed E-state index contributed by atoms with van der Waals surface area (Å²) in [5, 5.41) is 22.3. The summed E-state index contributed by atoms with van der Waals surface area (Å²) in [6.45, 7) is 1.68. The van der Waals surface area contributed by atoms with Crippen LogP contribution >= 0.6 is 0 Å². The van der Waals surface area contributed by atoms with Crippen LogP contribution in [0, 0.1) is 0 Å². The van der Waals surface area contributed by atoms with E-state index in [0.29, 0.717) is 11.3 Å². The molecule has 0 aliphatic carbocycles. The second-order valence-electron chi connectivity index (χ2n) is 4.30. The van der Waals surface area contributed by atoms with E-state index in [1.165, 1.54) is 6.07 Å². The van der Waals surface area contributed by atoms with Crippen molar-refractivity contribution in [1.29, 1.82) is 0 Å². The monoisotopic (exact) mass is 219 g/mol. The molecule has 16 heavy (non-hydrogen) atoms. The van der Waals surface area contributed by atoms with Gasteiger partial charge in [-0.25, -0.2) is 0 Å². The van der Waals surface area contributed by atoms with Crippen molar-refractivity contribution in [3.05, 3.63) is 23.8 Å². The Balaban J connectivity index is 2.06. The first-order valence-corrected chi connectivity index (χ1v) is 5.34. The van der Waals surface area contributed by atoms with E-state index in [1.54, 1.807) is 6.07 Å². The highest BCUT2D eigenvalue weighted by Gasteiger charge is 2.36. The van der Waals surface area contributed by atoms with E-state index in [4.69, 9.17) is 4.74 Å². The van der Waals surface area contributed by atoms with E-state index >= 15 is 0 Å². The van der Waals surface area contributed by atoms with E-state index in [0.717, 1.165) is 19.5 Å². The molecule has 0 amide bonds. The first-order chi connectivity index (χ1) is 7.69. The third kappa shape index (κ3) is 1.34. The summed E-state index contributed by atoms with van der Waals surface area (Å²) in [4.78, 5) is 0. The lowest BCUT2D eigenvalue weighted by atomic mass is 9.97. The Morgan fingerprint density at radius 2 is 2.19 bits per heavy atom. The molecule has 1 spiro atoms. The third-order valence-electron chi connectivity index (χ3n) is 3.12. The summed E-state index contributed by atoms with van der Waals surface area (Å²) in [7, 11) is 0. The van der Waals surface area contributed by atoms with Crippen molar-refractivity contribution in [2.75, 3.05) is 13.1 Å². The fourth-order valence-corrected chi connectivity index (χ4v) is 2.26. The van der Waals surface area contributed by atoms with Gasteiger partial charge in [0, 0.05) is 25.1 Å². The van der Waals surface area contributed by atoms with Gasteiger partial charge in [0.1, 0.15) is 22.8 Å². The molecule has 4 heteroatoms. The molecule has 0 bridgehead atoms. The first kappa shape index (κ1) is 9.54. The van der Waals surface area contributed by atoms with Crippen molar-refractivity contribution >= 4 is 6.08 Å². The maximum absolute atomic E-state index is 9.66. The van der Waals surface area contributed by atoms with E-state index in [9.17, 15) is 10.2 Å². The van der Waals surface area contributed by atoms with Gasteiger partial charge in [0.25, 0.3) is 0 Å². The van der Waals surface area contributed by atoms with Crippen LogP contribution in [-0.2, 0) is 0 Å². The quantitative estimate of drug-likeness (QED) is 0.614. The number of nitrogens with one attached hydrogen (secondary N) is 1. The molecule has 1 aromatic carbocycles. The van der Waals surface area contributed by atoms with Crippen molar-refractivity contribution in [3.8, 4) is 17.2 Å². The molecule has 2 aliphatic rings. The van der Waals surface area contributed by atoms with Gasteiger partial charge in [-0.05, 0) is 18.7 Å². The molecular formula is C12H13NO3. The zero-order valence-corrected chi connectivity index (χ0v) is 8.73. The van der Waals surface area contributed by atoms with Gasteiger partial charge in [0.15, 0.2) is 0 Å². The Hall–Kier alpha value is -1.68. The lowest BCUT2D eigenvalue weighted by Crippen LogP contribution is -2.37. The minimum Gasteiger partial charge on any atom is -0.508 e. The largest absolute Gasteiger partial charge is 0.508 e. The fraction of sp³-hybridized carbons (Fsp3) is 0.333. The summed E-state index contributed by atoms with van der Waals surface area (Å²) in [6.07, 6.45) is 4.74. The van der Waals surface area contributed by atoms with Gasteiger partial charge in [-0.2, -0.15) is 0 Å². The van der Waals surface area contributed by atoms with Gasteiger partial charge in [-0.15, -0.1) is 0 Å². The van der Waals surface area contributed by atoms with E-state index < -0.39 is 0 Å². The summed E-state index contributed by atoms with van der Waals surface area (Å²) < 4.78 is 5.87. The van der Waals surface area contributed by atoms with Crippen LogP contribution in [0.2, 0.25) is 0 Å². The Morgan fingerprint density at radius 1 is 1.31 bits per heavy atom. The number of hydrogen-bond donors (Lipinski definition) is 3. The Morgan fingerprint density at radius 3 is 2.94 bits per heavy atom. The molecule has 0 aromatic heterocycles. The average molecular weight is 219 g/mol. The molecule has 0 radical (unpaired) electrons. The van der Waals surface area contributed by atoms with Crippen molar-refractivity contribution in [2.24, 2.45) is 0 Å². The summed E-state index contributed by atoms with van der Waals surface area (Å²) in [5.74, 6) is 0.614. The molecule has 1 unspecified atom stereocenters. The number of hydrogen-bond acceptors (Lipinski definition) is 4. The van der Waals surface area contributed by atoms with Gasteiger partial charge in [-0.1, -0.05) is 0 Å². The molecular weight excluding hydrogens is 206 g/mol. The van der Waals surface area contributed by atoms with Crippen LogP contribution in [0.15, 0.2) is 18.2 Å². The van der Waals surface area contributed by atoms with Gasteiger partial charge in [-0.3, -0.25) is 0 Å². The number of phenolic OH excluding ortho intramolecular Hbond substituents is 2. The van der Waals surface area contributed by atoms with Crippen LogP contribution in [0.1, 0.15) is 12.0 Å². The molecule has 1 aromatic rings. The first-order valence-electron chi connectivity index (χ1n) is 5.34. The summed E-state index contributed by atoms with van der Waals surface area (Å²) >= 11 is 0. The highest BCUT2D eigenvalue weighted by Crippen LogP contribution is 2.40. The Bertz CT molecular complexity index is 462. The predicted octanol–water partition coefficient (Wildman–Crippen LogP) is 1.24. The van der Waals surface area contributed by atoms with Gasteiger partial charge in [0.05, 0.1) is 5.56 Å². The SMILES string of the molecule is Oc1cc(O)c2c(c1)OC1(C=C2)CCNC1. The zero-order chi connectivity index (χ0) is 11.2. The zero-order valence-electron chi connectivity index (χ0n) is 8.73. The number of benzene rings is 1. The fourth-order valence-electron chi connectivity index (χ4n) is 2.26. The summed E-state index contributed by atoms with van der Waals surface area (Å²) in [5.41, 5.74) is 0.322. The maximum Gasteiger partial charge on any atom is 0.141 e. The molecule has 3 rings (SSSR count). The number of ether oxygens (including phenoxy) is 1. The van der Waals surface area contributed by atoms with E-state index in [1.807, 2.05) is 12.2 Å². The van der Waals surface area contributed by atoms with Crippen LogP contribution in [0.5, 0.6) is 17.2 Å². The van der Waals surface area contributed by atoms with Crippen molar-refractivity contribution in [3.63, 3.8) is 0 Å². The standard InChI is InChI=1S/C12H13NO3/c14-8-5-10(15)9-1-2-12(3-4-13-7-12)16-11(9)6-8/h1-2,5-6,13-15H,3-4,7H2. The number of phenols is 2. The minimum atomic E-state index is -0.312. The molecule has 1 saturated heterocycles. The average Bonchev–Trinajstić information content (AvgIpc) is 2.65. The topological polar surface area (TPSA) is 61.7 Å². The molecule has 1 atom stereocenters. The van der Waals surface area contributed by atoms with Gasteiger partial charge in [0.2, 0.25) is 0 Å². The third-order valence-corrected chi connectivity index (χ3v) is 3.12. The Kier molecular flexibility index (Phi) is 1.88. The summed E-state index contributed by atoms with van der Waals surface area (Å²) in [6, 6.07) is 2.86. The van der Waals surface area contributed by atoms with Crippen LogP contribution in [0.25, 0.3) is 6.08 Å². The maximum atomic E-state index is 9.66. The molecule has 3 N–H and O–H groups in total. The van der Waals surface area contributed by atoms with Crippen LogP contribution in [0.4, 0.5) is 0 Å². The highest BCUT2D eigenvalue weighted by molar-refractivity contribution is 5.68. The van der Waals surface area contributed by atoms with Crippen LogP contribution in [0.3, 0.4) is 0 Å². The highest BCUT2D eigenvalue weighted by atomic mass is 16.5. The molecule has 0 saturated carbocycles. The molecule has 84 valence electrons. The van der Waals surface area contributed by atoms with Crippen molar-refractivity contribution < 1.29 is 14.9 Å².